The molecular formula is C19H19BrClNO3. The first kappa shape index (κ1) is 18.1. The Morgan fingerprint density at radius 3 is 2.44 bits per heavy atom. The molecule has 0 atom stereocenters. The molecule has 0 radical (unpaired) electrons. The van der Waals surface area contributed by atoms with Gasteiger partial charge in [0, 0.05) is 16.6 Å². The van der Waals surface area contributed by atoms with E-state index in [-0.39, 0.29) is 29.4 Å². The van der Waals surface area contributed by atoms with Crippen molar-refractivity contribution < 1.29 is 15.0 Å². The van der Waals surface area contributed by atoms with Crippen LogP contribution in [-0.4, -0.2) is 22.2 Å². The van der Waals surface area contributed by atoms with Crippen LogP contribution in [0.5, 0.6) is 11.5 Å². The van der Waals surface area contributed by atoms with E-state index < -0.39 is 0 Å². The van der Waals surface area contributed by atoms with Gasteiger partial charge >= 0.3 is 0 Å². The molecule has 0 spiro atoms. The molecular weight excluding hydrogens is 406 g/mol. The Hall–Kier alpha value is -1.72. The topological polar surface area (TPSA) is 69.6 Å². The average Bonchev–Trinajstić information content (AvgIpc) is 2.55. The van der Waals surface area contributed by atoms with Gasteiger partial charge in [0.15, 0.2) is 0 Å². The highest BCUT2D eigenvalue weighted by Gasteiger charge is 2.26. The summed E-state index contributed by atoms with van der Waals surface area (Å²) in [6.45, 7) is 0. The summed E-state index contributed by atoms with van der Waals surface area (Å²) < 4.78 is 0.836. The fourth-order valence-electron chi connectivity index (χ4n) is 3.36. The van der Waals surface area contributed by atoms with Crippen LogP contribution in [-0.2, 0) is 0 Å². The molecule has 25 heavy (non-hydrogen) atoms. The van der Waals surface area contributed by atoms with Crippen molar-refractivity contribution in [1.29, 1.82) is 0 Å². The Labute approximate surface area is 160 Å². The fraction of sp³-hybridized carbons (Fsp3) is 0.316. The van der Waals surface area contributed by atoms with Crippen LogP contribution >= 0.6 is 27.5 Å². The molecule has 0 aromatic heterocycles. The summed E-state index contributed by atoms with van der Waals surface area (Å²) in [6, 6.07) is 10.1. The van der Waals surface area contributed by atoms with Gasteiger partial charge in [0.05, 0.1) is 10.6 Å². The lowest BCUT2D eigenvalue weighted by Gasteiger charge is -2.29. The quantitative estimate of drug-likeness (QED) is 0.651. The number of aromatic hydroxyl groups is 2. The summed E-state index contributed by atoms with van der Waals surface area (Å²) in [5.41, 5.74) is 1.33. The third-order valence-electron chi connectivity index (χ3n) is 4.69. The smallest absolute Gasteiger partial charge is 0.253 e. The standard InChI is InChI=1S/C19H19BrClNO3/c20-12-3-7-16(17(21)9-12)19(25)22-13-4-1-11(2-5-13)15-8-6-14(23)10-18(15)24/h3,6-11,13,23-24H,1-2,4-5H2,(H,22,25). The van der Waals surface area contributed by atoms with Gasteiger partial charge < -0.3 is 15.5 Å². The van der Waals surface area contributed by atoms with Crippen molar-refractivity contribution in [2.45, 2.75) is 37.6 Å². The van der Waals surface area contributed by atoms with E-state index in [4.69, 9.17) is 11.6 Å². The van der Waals surface area contributed by atoms with Crippen molar-refractivity contribution in [2.75, 3.05) is 0 Å². The van der Waals surface area contributed by atoms with Crippen molar-refractivity contribution in [2.24, 2.45) is 0 Å². The SMILES string of the molecule is O=C(NC1CCC(c2ccc(O)cc2O)CC1)c1ccc(Br)cc1Cl. The van der Waals surface area contributed by atoms with Crippen molar-refractivity contribution in [3.05, 3.63) is 57.0 Å². The summed E-state index contributed by atoms with van der Waals surface area (Å²) in [5.74, 6) is 0.279. The lowest BCUT2D eigenvalue weighted by molar-refractivity contribution is 0.0925. The first-order chi connectivity index (χ1) is 11.9. The normalized spacial score (nSPS) is 20.2. The molecule has 0 unspecified atom stereocenters. The minimum Gasteiger partial charge on any atom is -0.508 e. The predicted molar refractivity (Wildman–Crippen MR) is 101 cm³/mol. The van der Waals surface area contributed by atoms with E-state index in [1.807, 2.05) is 0 Å². The van der Waals surface area contributed by atoms with Gasteiger partial charge in [0.25, 0.3) is 5.91 Å². The molecule has 1 amide bonds. The monoisotopic (exact) mass is 423 g/mol. The summed E-state index contributed by atoms with van der Waals surface area (Å²) >= 11 is 9.47. The van der Waals surface area contributed by atoms with Gasteiger partial charge in [-0.25, -0.2) is 0 Å². The first-order valence-electron chi connectivity index (χ1n) is 8.22. The van der Waals surface area contributed by atoms with E-state index >= 15 is 0 Å². The van der Waals surface area contributed by atoms with Crippen LogP contribution in [0.15, 0.2) is 40.9 Å². The number of phenols is 2. The Morgan fingerprint density at radius 2 is 1.80 bits per heavy atom. The number of halogens is 2. The molecule has 1 aliphatic rings. The number of phenolic OH excluding ortho intramolecular Hbond substituents is 2. The molecule has 3 N–H and O–H groups in total. The van der Waals surface area contributed by atoms with Gasteiger partial charge in [-0.15, -0.1) is 0 Å². The zero-order valence-electron chi connectivity index (χ0n) is 13.5. The molecule has 0 bridgehead atoms. The summed E-state index contributed by atoms with van der Waals surface area (Å²) in [5, 5.41) is 22.9. The molecule has 132 valence electrons. The maximum absolute atomic E-state index is 12.4. The highest BCUT2D eigenvalue weighted by molar-refractivity contribution is 9.10. The Kier molecular flexibility index (Phi) is 5.54. The molecule has 6 heteroatoms. The molecule has 2 aromatic carbocycles. The highest BCUT2D eigenvalue weighted by atomic mass is 79.9. The molecule has 1 aliphatic carbocycles. The molecule has 3 rings (SSSR count). The van der Waals surface area contributed by atoms with Crippen molar-refractivity contribution in [3.8, 4) is 11.5 Å². The minimum atomic E-state index is -0.159. The van der Waals surface area contributed by atoms with Gasteiger partial charge in [-0.1, -0.05) is 33.6 Å². The highest BCUT2D eigenvalue weighted by Crippen LogP contribution is 2.38. The van der Waals surface area contributed by atoms with Gasteiger partial charge in [-0.05, 0) is 61.4 Å². The van der Waals surface area contributed by atoms with Crippen molar-refractivity contribution in [3.63, 3.8) is 0 Å². The zero-order chi connectivity index (χ0) is 18.0. The average molecular weight is 425 g/mol. The predicted octanol–water partition coefficient (Wildman–Crippen LogP) is 4.97. The second-order valence-corrected chi connectivity index (χ2v) is 7.71. The van der Waals surface area contributed by atoms with E-state index in [1.165, 1.54) is 6.07 Å². The van der Waals surface area contributed by atoms with Crippen LogP contribution in [0.2, 0.25) is 5.02 Å². The largest absolute Gasteiger partial charge is 0.508 e. The molecule has 0 aliphatic heterocycles. The number of carbonyl (C=O) groups is 1. The fourth-order valence-corrected chi connectivity index (χ4v) is 4.12. The lowest BCUT2D eigenvalue weighted by Crippen LogP contribution is -2.37. The van der Waals surface area contributed by atoms with Crippen LogP contribution in [0.1, 0.15) is 47.5 Å². The van der Waals surface area contributed by atoms with Crippen molar-refractivity contribution >= 4 is 33.4 Å². The molecule has 0 heterocycles. The summed E-state index contributed by atoms with van der Waals surface area (Å²) in [6.07, 6.45) is 3.42. The minimum absolute atomic E-state index is 0.0635. The van der Waals surface area contributed by atoms with E-state index in [2.05, 4.69) is 21.2 Å². The second kappa shape index (κ2) is 7.67. The number of hydrogen-bond acceptors (Lipinski definition) is 3. The van der Waals surface area contributed by atoms with Crippen LogP contribution in [0.4, 0.5) is 0 Å². The van der Waals surface area contributed by atoms with E-state index in [0.29, 0.717) is 10.6 Å². The lowest BCUT2D eigenvalue weighted by atomic mass is 9.81. The second-order valence-electron chi connectivity index (χ2n) is 6.39. The van der Waals surface area contributed by atoms with Crippen LogP contribution in [0.25, 0.3) is 0 Å². The number of amides is 1. The maximum atomic E-state index is 12.4. The number of hydrogen-bond donors (Lipinski definition) is 3. The Bertz CT molecular complexity index is 788. The first-order valence-corrected chi connectivity index (χ1v) is 9.39. The number of rotatable bonds is 3. The number of carbonyl (C=O) groups excluding carboxylic acids is 1. The zero-order valence-corrected chi connectivity index (χ0v) is 15.8. The third kappa shape index (κ3) is 4.28. The van der Waals surface area contributed by atoms with Crippen molar-refractivity contribution in [1.82, 2.24) is 5.32 Å². The maximum Gasteiger partial charge on any atom is 0.253 e. The Balaban J connectivity index is 1.60. The number of nitrogens with one attached hydrogen (secondary N) is 1. The number of benzene rings is 2. The van der Waals surface area contributed by atoms with Crippen LogP contribution in [0.3, 0.4) is 0 Å². The van der Waals surface area contributed by atoms with Gasteiger partial charge in [0.1, 0.15) is 11.5 Å². The summed E-state index contributed by atoms with van der Waals surface area (Å²) in [4.78, 5) is 12.4. The summed E-state index contributed by atoms with van der Waals surface area (Å²) in [7, 11) is 0. The van der Waals surface area contributed by atoms with Gasteiger partial charge in [-0.3, -0.25) is 4.79 Å². The Morgan fingerprint density at radius 1 is 1.08 bits per heavy atom. The van der Waals surface area contributed by atoms with Crippen LogP contribution < -0.4 is 5.32 Å². The molecule has 4 nitrogen and oxygen atoms in total. The molecule has 2 aromatic rings. The van der Waals surface area contributed by atoms with E-state index in [1.54, 1.807) is 30.3 Å². The molecule has 1 fully saturated rings. The van der Waals surface area contributed by atoms with E-state index in [0.717, 1.165) is 35.7 Å². The molecule has 0 saturated heterocycles. The van der Waals surface area contributed by atoms with Gasteiger partial charge in [0.2, 0.25) is 0 Å². The van der Waals surface area contributed by atoms with E-state index in [9.17, 15) is 15.0 Å². The van der Waals surface area contributed by atoms with Gasteiger partial charge in [-0.2, -0.15) is 0 Å². The molecule has 1 saturated carbocycles. The van der Waals surface area contributed by atoms with Crippen LogP contribution in [0, 0.1) is 0 Å². The third-order valence-corrected chi connectivity index (χ3v) is 5.50.